The van der Waals surface area contributed by atoms with Gasteiger partial charge < -0.3 is 30.2 Å². The molecule has 0 bridgehead atoms. The van der Waals surface area contributed by atoms with Crippen molar-refractivity contribution in [2.45, 2.75) is 77.9 Å². The molecule has 2 aliphatic rings. The van der Waals surface area contributed by atoms with Crippen molar-refractivity contribution in [2.24, 2.45) is 10.9 Å². The molecule has 0 amide bonds. The fourth-order valence-corrected chi connectivity index (χ4v) is 5.66. The first-order valence-corrected chi connectivity index (χ1v) is 14.4. The van der Waals surface area contributed by atoms with Gasteiger partial charge in [-0.1, -0.05) is 18.2 Å². The van der Waals surface area contributed by atoms with Crippen LogP contribution < -0.4 is 30.2 Å². The lowest BCUT2D eigenvalue weighted by molar-refractivity contribution is 0.281. The Morgan fingerprint density at radius 1 is 0.921 bits per heavy atom. The molecule has 1 fully saturated rings. The van der Waals surface area contributed by atoms with Gasteiger partial charge in [0.1, 0.15) is 11.6 Å². The molecule has 208 valence electrons. The molecule has 1 atom stereocenters. The standard InChI is InChI=1S/C31H46N4O3/c1-6-36-27-18-29(38-8-3)28(37-7-2)17-23(27)21-33-20-22-13-15-24(16-14-22)34-30-19-31(4,32-5)25-11-9-10-12-26(25)35-30/h9-12,17-18,22,24,32-33H,6-8,13-16,19-21H2,1-5H3,(H,34,35). The molecular formula is C31H46N4O3. The number of para-hydroxylation sites is 1. The summed E-state index contributed by atoms with van der Waals surface area (Å²) in [5.74, 6) is 4.15. The molecule has 2 aromatic rings. The maximum Gasteiger partial charge on any atom is 0.164 e. The van der Waals surface area contributed by atoms with Crippen molar-refractivity contribution in [2.75, 3.05) is 38.7 Å². The number of hydrogen-bond acceptors (Lipinski definition) is 6. The molecule has 1 saturated carbocycles. The zero-order valence-corrected chi connectivity index (χ0v) is 23.9. The Kier molecular flexibility index (Phi) is 9.91. The van der Waals surface area contributed by atoms with Gasteiger partial charge in [-0.3, -0.25) is 4.99 Å². The van der Waals surface area contributed by atoms with E-state index in [2.05, 4.69) is 53.2 Å². The Morgan fingerprint density at radius 2 is 1.58 bits per heavy atom. The van der Waals surface area contributed by atoms with Gasteiger partial charge in [0, 0.05) is 35.8 Å². The summed E-state index contributed by atoms with van der Waals surface area (Å²) in [7, 11) is 2.04. The Balaban J connectivity index is 1.31. The van der Waals surface area contributed by atoms with Gasteiger partial charge in [0.15, 0.2) is 11.5 Å². The molecule has 7 nitrogen and oxygen atoms in total. The van der Waals surface area contributed by atoms with Crippen molar-refractivity contribution in [1.29, 1.82) is 0 Å². The second-order valence-corrected chi connectivity index (χ2v) is 10.5. The van der Waals surface area contributed by atoms with Crippen LogP contribution in [0.25, 0.3) is 0 Å². The average Bonchev–Trinajstić information content (AvgIpc) is 2.92. The number of nitrogens with one attached hydrogen (secondary N) is 3. The van der Waals surface area contributed by atoms with Crippen molar-refractivity contribution in [3.8, 4) is 17.2 Å². The lowest BCUT2D eigenvalue weighted by Gasteiger charge is -2.37. The van der Waals surface area contributed by atoms with Gasteiger partial charge in [0.25, 0.3) is 0 Å². The molecule has 4 rings (SSSR count). The highest BCUT2D eigenvalue weighted by Crippen LogP contribution is 2.37. The summed E-state index contributed by atoms with van der Waals surface area (Å²) in [5, 5.41) is 10.8. The van der Waals surface area contributed by atoms with Crippen LogP contribution in [0.4, 0.5) is 5.69 Å². The molecule has 38 heavy (non-hydrogen) atoms. The molecule has 0 radical (unpaired) electrons. The highest BCUT2D eigenvalue weighted by Gasteiger charge is 2.34. The molecule has 7 heteroatoms. The van der Waals surface area contributed by atoms with Crippen molar-refractivity contribution in [3.63, 3.8) is 0 Å². The van der Waals surface area contributed by atoms with Crippen LogP contribution in [0.5, 0.6) is 17.2 Å². The lowest BCUT2D eigenvalue weighted by atomic mass is 9.83. The van der Waals surface area contributed by atoms with E-state index in [-0.39, 0.29) is 5.54 Å². The van der Waals surface area contributed by atoms with Crippen molar-refractivity contribution >= 4 is 11.5 Å². The molecule has 0 aromatic heterocycles. The van der Waals surface area contributed by atoms with Crippen LogP contribution in [-0.4, -0.2) is 45.3 Å². The number of fused-ring (bicyclic) bond motifs is 1. The van der Waals surface area contributed by atoms with E-state index < -0.39 is 0 Å². The van der Waals surface area contributed by atoms with Crippen LogP contribution >= 0.6 is 0 Å². The van der Waals surface area contributed by atoms with Crippen LogP contribution in [0.1, 0.15) is 70.9 Å². The number of ether oxygens (including phenoxy) is 3. The highest BCUT2D eigenvalue weighted by molar-refractivity contribution is 5.99. The minimum Gasteiger partial charge on any atom is -0.493 e. The topological polar surface area (TPSA) is 76.1 Å². The first kappa shape index (κ1) is 28.2. The smallest absolute Gasteiger partial charge is 0.164 e. The van der Waals surface area contributed by atoms with Crippen LogP contribution in [0.2, 0.25) is 0 Å². The number of nitrogens with zero attached hydrogens (tertiary/aromatic N) is 1. The van der Waals surface area contributed by atoms with Crippen LogP contribution in [0, 0.1) is 5.92 Å². The quantitative estimate of drug-likeness (QED) is 0.323. The number of benzene rings is 2. The number of anilines is 1. The molecule has 1 aliphatic carbocycles. The predicted octanol–water partition coefficient (Wildman–Crippen LogP) is 5.88. The molecule has 1 aliphatic heterocycles. The Hall–Kier alpha value is -2.77. The van der Waals surface area contributed by atoms with E-state index in [1.54, 1.807) is 0 Å². The maximum absolute atomic E-state index is 5.93. The summed E-state index contributed by atoms with van der Waals surface area (Å²) in [6.07, 6.45) is 5.55. The fourth-order valence-electron chi connectivity index (χ4n) is 5.66. The van der Waals surface area contributed by atoms with E-state index in [9.17, 15) is 0 Å². The second-order valence-electron chi connectivity index (χ2n) is 10.5. The number of amidine groups is 1. The molecule has 0 spiro atoms. The first-order chi connectivity index (χ1) is 18.5. The minimum atomic E-state index is -0.0922. The van der Waals surface area contributed by atoms with E-state index in [1.807, 2.05) is 33.9 Å². The summed E-state index contributed by atoms with van der Waals surface area (Å²) < 4.78 is 17.6. The minimum absolute atomic E-state index is 0.0922. The average molecular weight is 523 g/mol. The summed E-state index contributed by atoms with van der Waals surface area (Å²) in [6.45, 7) is 11.8. The molecule has 1 unspecified atom stereocenters. The summed E-state index contributed by atoms with van der Waals surface area (Å²) in [5.41, 5.74) is 3.49. The van der Waals surface area contributed by atoms with Gasteiger partial charge in [0.2, 0.25) is 0 Å². The Labute approximate surface area is 228 Å². The van der Waals surface area contributed by atoms with Crippen molar-refractivity contribution in [1.82, 2.24) is 10.6 Å². The van der Waals surface area contributed by atoms with E-state index in [0.717, 1.165) is 61.0 Å². The summed E-state index contributed by atoms with van der Waals surface area (Å²) >= 11 is 0. The number of hydrogen-bond donors (Lipinski definition) is 3. The van der Waals surface area contributed by atoms with Gasteiger partial charge in [-0.2, -0.15) is 0 Å². The first-order valence-electron chi connectivity index (χ1n) is 14.4. The zero-order chi connectivity index (χ0) is 27.0. The predicted molar refractivity (Wildman–Crippen MR) is 156 cm³/mol. The van der Waals surface area contributed by atoms with Crippen molar-refractivity contribution < 1.29 is 14.2 Å². The second kappa shape index (κ2) is 13.3. The van der Waals surface area contributed by atoms with Crippen molar-refractivity contribution in [3.05, 3.63) is 47.5 Å². The van der Waals surface area contributed by atoms with Gasteiger partial charge >= 0.3 is 0 Å². The maximum atomic E-state index is 5.93. The van der Waals surface area contributed by atoms with Gasteiger partial charge in [0.05, 0.1) is 25.9 Å². The van der Waals surface area contributed by atoms with Gasteiger partial charge in [-0.05, 0) is 90.6 Å². The van der Waals surface area contributed by atoms with Gasteiger partial charge in [-0.15, -0.1) is 0 Å². The van der Waals surface area contributed by atoms with Crippen LogP contribution in [0.15, 0.2) is 41.4 Å². The van der Waals surface area contributed by atoms with Crippen LogP contribution in [-0.2, 0) is 12.1 Å². The van der Waals surface area contributed by atoms with E-state index >= 15 is 0 Å². The number of rotatable bonds is 12. The Bertz CT molecular complexity index is 1080. The normalized spacial score (nSPS) is 24.0. The number of aliphatic imine (C=N–C) groups is 1. The van der Waals surface area contributed by atoms with E-state index in [0.29, 0.717) is 31.8 Å². The molecule has 1 heterocycles. The Morgan fingerprint density at radius 3 is 2.26 bits per heavy atom. The molecule has 3 N–H and O–H groups in total. The highest BCUT2D eigenvalue weighted by atomic mass is 16.5. The third-order valence-electron chi connectivity index (χ3n) is 7.80. The van der Waals surface area contributed by atoms with E-state index in [4.69, 9.17) is 19.2 Å². The third-order valence-corrected chi connectivity index (χ3v) is 7.80. The fraction of sp³-hybridized carbons (Fsp3) is 0.581. The van der Waals surface area contributed by atoms with E-state index in [1.165, 1.54) is 24.1 Å². The van der Waals surface area contributed by atoms with Crippen LogP contribution in [0.3, 0.4) is 0 Å². The monoisotopic (exact) mass is 522 g/mol. The summed E-state index contributed by atoms with van der Waals surface area (Å²) in [4.78, 5) is 5.18. The molecular weight excluding hydrogens is 476 g/mol. The largest absolute Gasteiger partial charge is 0.493 e. The molecule has 0 saturated heterocycles. The lowest BCUT2D eigenvalue weighted by Crippen LogP contribution is -2.44. The third kappa shape index (κ3) is 6.80. The zero-order valence-electron chi connectivity index (χ0n) is 23.9. The SMILES string of the molecule is CCOc1cc(OCC)c(OCC)cc1CNCC1CCC(N=C2CC(C)(NC)c3ccccc3N2)CC1. The van der Waals surface area contributed by atoms with Gasteiger partial charge in [-0.25, -0.2) is 0 Å². The molecule has 2 aromatic carbocycles. The summed E-state index contributed by atoms with van der Waals surface area (Å²) in [6, 6.07) is 13.0.